The van der Waals surface area contributed by atoms with Crippen molar-refractivity contribution in [3.8, 4) is 0 Å². The Bertz CT molecular complexity index is 575. The molecular weight excluding hydrogens is 264 g/mol. The van der Waals surface area contributed by atoms with Crippen LogP contribution in [0.4, 0.5) is 0 Å². The van der Waals surface area contributed by atoms with Crippen molar-refractivity contribution in [2.24, 2.45) is 0 Å². The summed E-state index contributed by atoms with van der Waals surface area (Å²) in [6, 6.07) is 0. The molecule has 0 aliphatic carbocycles. The maximum absolute atomic E-state index is 12.1. The fourth-order valence-electron chi connectivity index (χ4n) is 2.02. The number of aromatic nitrogens is 2. The Hall–Kier alpha value is -1.18. The van der Waals surface area contributed by atoms with E-state index in [0.29, 0.717) is 18.9 Å². The molecule has 2 N–H and O–H groups in total. The van der Waals surface area contributed by atoms with Crippen LogP contribution in [0.15, 0.2) is 22.9 Å². The van der Waals surface area contributed by atoms with Crippen molar-refractivity contribution in [2.75, 3.05) is 19.6 Å². The minimum atomic E-state index is -3.51. The van der Waals surface area contributed by atoms with E-state index in [0.717, 1.165) is 25.1 Å². The maximum atomic E-state index is 12.1. The Kier molecular flexibility index (Phi) is 4.38. The first-order valence-electron chi connectivity index (χ1n) is 6.45. The van der Waals surface area contributed by atoms with Crippen LogP contribution in [0.3, 0.4) is 0 Å². The molecule has 1 aliphatic heterocycles. The molecule has 1 aromatic rings. The van der Waals surface area contributed by atoms with Crippen LogP contribution in [0.1, 0.15) is 19.2 Å². The largest absolute Gasteiger partial charge is 0.334 e. The van der Waals surface area contributed by atoms with Crippen LogP contribution in [0, 0.1) is 6.92 Å². The monoisotopic (exact) mass is 284 g/mol. The number of aryl methyl sites for hydroxylation is 2. The van der Waals surface area contributed by atoms with Gasteiger partial charge in [-0.25, -0.2) is 18.1 Å². The van der Waals surface area contributed by atoms with Gasteiger partial charge in [-0.3, -0.25) is 0 Å². The molecule has 106 valence electrons. The van der Waals surface area contributed by atoms with Gasteiger partial charge in [0.05, 0.1) is 0 Å². The molecule has 0 saturated heterocycles. The third-order valence-electron chi connectivity index (χ3n) is 3.22. The number of nitrogens with zero attached hydrogens (tertiary/aromatic N) is 2. The van der Waals surface area contributed by atoms with Crippen molar-refractivity contribution >= 4 is 10.0 Å². The Balaban J connectivity index is 2.07. The maximum Gasteiger partial charge on any atom is 0.259 e. The highest BCUT2D eigenvalue weighted by Gasteiger charge is 2.19. The molecule has 1 aromatic heterocycles. The Labute approximate surface area is 114 Å². The lowest BCUT2D eigenvalue weighted by molar-refractivity contribution is 0.578. The van der Waals surface area contributed by atoms with Gasteiger partial charge in [0, 0.05) is 25.8 Å². The van der Waals surface area contributed by atoms with Gasteiger partial charge in [0.2, 0.25) is 0 Å². The van der Waals surface area contributed by atoms with Crippen LogP contribution in [0.5, 0.6) is 0 Å². The van der Waals surface area contributed by atoms with Gasteiger partial charge >= 0.3 is 0 Å². The van der Waals surface area contributed by atoms with Gasteiger partial charge in [0.25, 0.3) is 10.0 Å². The third-order valence-corrected chi connectivity index (χ3v) is 4.49. The van der Waals surface area contributed by atoms with E-state index in [2.05, 4.69) is 15.0 Å². The van der Waals surface area contributed by atoms with Gasteiger partial charge in [-0.15, -0.1) is 0 Å². The standard InChI is InChI=1S/C12H20N4O2S/c1-3-16-9-12(15-10(16)2)19(17,18)14-8-11-4-6-13-7-5-11/h4,9,13-14H,3,5-8H2,1-2H3. The zero-order valence-corrected chi connectivity index (χ0v) is 12.1. The topological polar surface area (TPSA) is 76.0 Å². The number of hydrogen-bond acceptors (Lipinski definition) is 4. The van der Waals surface area contributed by atoms with Gasteiger partial charge < -0.3 is 9.88 Å². The molecule has 2 rings (SSSR count). The zero-order chi connectivity index (χ0) is 13.9. The highest BCUT2D eigenvalue weighted by atomic mass is 32.2. The number of rotatable bonds is 5. The quantitative estimate of drug-likeness (QED) is 0.768. The molecule has 0 radical (unpaired) electrons. The fourth-order valence-corrected chi connectivity index (χ4v) is 3.06. The first kappa shape index (κ1) is 14.2. The minimum absolute atomic E-state index is 0.0985. The molecule has 6 nitrogen and oxygen atoms in total. The van der Waals surface area contributed by atoms with Gasteiger partial charge in [0.1, 0.15) is 5.82 Å². The summed E-state index contributed by atoms with van der Waals surface area (Å²) in [4.78, 5) is 4.10. The molecule has 7 heteroatoms. The van der Waals surface area contributed by atoms with E-state index < -0.39 is 10.0 Å². The van der Waals surface area contributed by atoms with Crippen molar-refractivity contribution in [1.29, 1.82) is 0 Å². The van der Waals surface area contributed by atoms with Crippen molar-refractivity contribution < 1.29 is 8.42 Å². The number of nitrogens with one attached hydrogen (secondary N) is 2. The molecule has 0 unspecified atom stereocenters. The molecule has 19 heavy (non-hydrogen) atoms. The van der Waals surface area contributed by atoms with Crippen LogP contribution in [0.2, 0.25) is 0 Å². The Morgan fingerprint density at radius 1 is 1.53 bits per heavy atom. The van der Waals surface area contributed by atoms with E-state index in [9.17, 15) is 8.42 Å². The van der Waals surface area contributed by atoms with Crippen LogP contribution in [-0.2, 0) is 16.6 Å². The molecule has 0 aromatic carbocycles. The Morgan fingerprint density at radius 3 is 2.89 bits per heavy atom. The van der Waals surface area contributed by atoms with E-state index in [4.69, 9.17) is 0 Å². The van der Waals surface area contributed by atoms with Gasteiger partial charge in [0.15, 0.2) is 5.03 Å². The van der Waals surface area contributed by atoms with Gasteiger partial charge in [-0.05, 0) is 26.8 Å². The van der Waals surface area contributed by atoms with Crippen LogP contribution >= 0.6 is 0 Å². The van der Waals surface area contributed by atoms with E-state index >= 15 is 0 Å². The molecule has 0 bridgehead atoms. The van der Waals surface area contributed by atoms with Crippen molar-refractivity contribution in [1.82, 2.24) is 19.6 Å². The molecule has 0 amide bonds. The number of hydrogen-bond donors (Lipinski definition) is 2. The minimum Gasteiger partial charge on any atom is -0.334 e. The van der Waals surface area contributed by atoms with E-state index in [-0.39, 0.29) is 5.03 Å². The smallest absolute Gasteiger partial charge is 0.259 e. The molecule has 1 aliphatic rings. The molecule has 0 saturated carbocycles. The SMILES string of the molecule is CCn1cc(S(=O)(=O)NCC2=CCNCC2)nc1C. The van der Waals surface area contributed by atoms with Crippen molar-refractivity contribution in [2.45, 2.75) is 31.8 Å². The zero-order valence-electron chi connectivity index (χ0n) is 11.3. The first-order chi connectivity index (χ1) is 9.03. The summed E-state index contributed by atoms with van der Waals surface area (Å²) in [5.74, 6) is 0.712. The van der Waals surface area contributed by atoms with Crippen LogP contribution < -0.4 is 10.0 Å². The summed E-state index contributed by atoms with van der Waals surface area (Å²) in [6.07, 6.45) is 4.49. The number of imidazole rings is 1. The highest BCUT2D eigenvalue weighted by Crippen LogP contribution is 2.10. The average Bonchev–Trinajstić information content (AvgIpc) is 2.80. The lowest BCUT2D eigenvalue weighted by Gasteiger charge is -2.14. The lowest BCUT2D eigenvalue weighted by Crippen LogP contribution is -2.29. The first-order valence-corrected chi connectivity index (χ1v) is 7.93. The second-order valence-electron chi connectivity index (χ2n) is 4.55. The normalized spacial score (nSPS) is 16.4. The van der Waals surface area contributed by atoms with Crippen molar-refractivity contribution in [3.63, 3.8) is 0 Å². The molecule has 0 atom stereocenters. The summed E-state index contributed by atoms with van der Waals surface area (Å²) < 4.78 is 28.7. The second kappa shape index (κ2) is 5.85. The van der Waals surface area contributed by atoms with Gasteiger partial charge in [-0.1, -0.05) is 11.6 Å². The van der Waals surface area contributed by atoms with E-state index in [1.165, 1.54) is 0 Å². The average molecular weight is 284 g/mol. The molecule has 0 fully saturated rings. The van der Waals surface area contributed by atoms with Crippen LogP contribution in [0.25, 0.3) is 0 Å². The predicted octanol–water partition coefficient (Wildman–Crippen LogP) is 0.409. The fraction of sp³-hybridized carbons (Fsp3) is 0.583. The van der Waals surface area contributed by atoms with Crippen molar-refractivity contribution in [3.05, 3.63) is 23.7 Å². The summed E-state index contributed by atoms with van der Waals surface area (Å²) in [5.41, 5.74) is 1.12. The Morgan fingerprint density at radius 2 is 2.32 bits per heavy atom. The highest BCUT2D eigenvalue weighted by molar-refractivity contribution is 7.89. The van der Waals surface area contributed by atoms with E-state index in [1.807, 2.05) is 17.6 Å². The summed E-state index contributed by atoms with van der Waals surface area (Å²) in [6.45, 7) is 6.54. The lowest BCUT2D eigenvalue weighted by atomic mass is 10.1. The number of sulfonamides is 1. The van der Waals surface area contributed by atoms with Gasteiger partial charge in [-0.2, -0.15) is 0 Å². The van der Waals surface area contributed by atoms with E-state index in [1.54, 1.807) is 13.1 Å². The summed E-state index contributed by atoms with van der Waals surface area (Å²) in [5, 5.41) is 3.29. The summed E-state index contributed by atoms with van der Waals surface area (Å²) in [7, 11) is -3.51. The summed E-state index contributed by atoms with van der Waals surface area (Å²) >= 11 is 0. The molecular formula is C12H20N4O2S. The third kappa shape index (κ3) is 3.43. The predicted molar refractivity (Wildman–Crippen MR) is 73.4 cm³/mol. The second-order valence-corrected chi connectivity index (χ2v) is 6.27. The molecule has 2 heterocycles. The molecule has 0 spiro atoms. The van der Waals surface area contributed by atoms with Crippen LogP contribution in [-0.4, -0.2) is 37.6 Å².